The Balaban J connectivity index is 2.91. The Morgan fingerprint density at radius 3 is 2.32 bits per heavy atom. The van der Waals surface area contributed by atoms with Crippen LogP contribution in [0.5, 0.6) is 0 Å². The minimum Gasteiger partial charge on any atom is -0.480 e. The number of carboxylic acids is 1. The molecule has 1 saturated heterocycles. The first-order valence-corrected chi connectivity index (χ1v) is 7.46. The van der Waals surface area contributed by atoms with Crippen LogP contribution in [0.3, 0.4) is 0 Å². The van der Waals surface area contributed by atoms with Gasteiger partial charge in [0.25, 0.3) is 0 Å². The first-order valence-electron chi connectivity index (χ1n) is 5.74. The van der Waals surface area contributed by atoms with E-state index in [1.165, 1.54) is 0 Å². The van der Waals surface area contributed by atoms with Crippen molar-refractivity contribution in [3.8, 4) is 0 Å². The van der Waals surface area contributed by atoms with Gasteiger partial charge in [-0.25, -0.2) is 8.42 Å². The lowest BCUT2D eigenvalue weighted by Crippen LogP contribution is -2.49. The van der Waals surface area contributed by atoms with Crippen LogP contribution in [0.1, 0.15) is 19.3 Å². The molecule has 1 aliphatic rings. The van der Waals surface area contributed by atoms with Crippen LogP contribution in [0.2, 0.25) is 0 Å². The first kappa shape index (κ1) is 15.4. The molecule has 9 heteroatoms. The molecule has 1 rings (SSSR count). The molecule has 1 aliphatic heterocycles. The van der Waals surface area contributed by atoms with Gasteiger partial charge in [-0.05, 0) is 12.8 Å². The average molecular weight is 292 g/mol. The molecule has 0 aliphatic carbocycles. The largest absolute Gasteiger partial charge is 0.480 e. The minimum atomic E-state index is -3.58. The fourth-order valence-electron chi connectivity index (χ4n) is 2.00. The number of aliphatic carboxylic acids is 1. The number of hydrogen-bond donors (Lipinski definition) is 2. The molecule has 108 valence electrons. The van der Waals surface area contributed by atoms with Crippen LogP contribution in [0.25, 0.3) is 0 Å². The predicted octanol–water partition coefficient (Wildman–Crippen LogP) is -1.65. The summed E-state index contributed by atoms with van der Waals surface area (Å²) < 4.78 is 23.6. The number of rotatable bonds is 5. The second-order valence-corrected chi connectivity index (χ2v) is 6.71. The highest BCUT2D eigenvalue weighted by molar-refractivity contribution is 7.92. The van der Waals surface area contributed by atoms with E-state index < -0.39 is 46.0 Å². The second-order valence-electron chi connectivity index (χ2n) is 4.41. The number of primary amides is 1. The lowest BCUT2D eigenvalue weighted by Gasteiger charge is -2.27. The molecule has 0 bridgehead atoms. The van der Waals surface area contributed by atoms with E-state index in [1.54, 1.807) is 0 Å². The molecule has 8 nitrogen and oxygen atoms in total. The summed E-state index contributed by atoms with van der Waals surface area (Å²) in [5.74, 6) is -3.17. The Kier molecular flexibility index (Phi) is 4.87. The van der Waals surface area contributed by atoms with E-state index in [2.05, 4.69) is 0 Å². The molecule has 0 saturated carbocycles. The lowest BCUT2D eigenvalue weighted by molar-refractivity contribution is -0.145. The normalized spacial score (nSPS) is 21.6. The second kappa shape index (κ2) is 6.00. The van der Waals surface area contributed by atoms with Gasteiger partial charge in [0.05, 0.1) is 12.3 Å². The number of sulfone groups is 1. The molecule has 1 heterocycles. The number of hydrogen-bond acceptors (Lipinski definition) is 5. The van der Waals surface area contributed by atoms with Crippen LogP contribution in [-0.4, -0.2) is 60.3 Å². The lowest BCUT2D eigenvalue weighted by atomic mass is 10.1. The summed E-state index contributed by atoms with van der Waals surface area (Å²) in [6, 6.07) is 0. The maximum absolute atomic E-state index is 12.1. The smallest absolute Gasteiger partial charge is 0.323 e. The number of amides is 2. The molecule has 3 N–H and O–H groups in total. The summed E-state index contributed by atoms with van der Waals surface area (Å²) in [5.41, 5.74) is 4.93. The van der Waals surface area contributed by atoms with Crippen molar-refractivity contribution in [2.24, 2.45) is 5.73 Å². The highest BCUT2D eigenvalue weighted by Crippen LogP contribution is 2.21. The Labute approximate surface area is 110 Å². The van der Waals surface area contributed by atoms with Crippen molar-refractivity contribution in [3.05, 3.63) is 0 Å². The van der Waals surface area contributed by atoms with Crippen molar-refractivity contribution in [2.45, 2.75) is 24.5 Å². The van der Waals surface area contributed by atoms with Crippen molar-refractivity contribution < 1.29 is 27.9 Å². The number of carbonyl (C=O) groups is 3. The quantitative estimate of drug-likeness (QED) is 0.623. The molecular weight excluding hydrogens is 276 g/mol. The maximum atomic E-state index is 12.1. The van der Waals surface area contributed by atoms with Crippen LogP contribution in [0.4, 0.5) is 0 Å². The van der Waals surface area contributed by atoms with Crippen LogP contribution >= 0.6 is 0 Å². The topological polar surface area (TPSA) is 135 Å². The molecule has 1 atom stereocenters. The van der Waals surface area contributed by atoms with Crippen molar-refractivity contribution in [3.63, 3.8) is 0 Å². The van der Waals surface area contributed by atoms with E-state index in [0.717, 1.165) is 0 Å². The maximum Gasteiger partial charge on any atom is 0.323 e. The zero-order valence-corrected chi connectivity index (χ0v) is 11.1. The number of nitrogens with two attached hydrogens (primary N) is 1. The Bertz CT molecular complexity index is 470. The van der Waals surface area contributed by atoms with Gasteiger partial charge in [-0.3, -0.25) is 14.4 Å². The van der Waals surface area contributed by atoms with E-state index in [1.807, 2.05) is 0 Å². The van der Waals surface area contributed by atoms with Crippen molar-refractivity contribution in [2.75, 3.05) is 18.8 Å². The Morgan fingerprint density at radius 2 is 1.84 bits per heavy atom. The third-order valence-electron chi connectivity index (χ3n) is 2.84. The summed E-state index contributed by atoms with van der Waals surface area (Å²) in [6.07, 6.45) is 1.21. The summed E-state index contributed by atoms with van der Waals surface area (Å²) in [7, 11) is -3.58. The third-order valence-corrected chi connectivity index (χ3v) is 5.00. The van der Waals surface area contributed by atoms with Crippen LogP contribution in [0.15, 0.2) is 0 Å². The van der Waals surface area contributed by atoms with Gasteiger partial charge in [-0.1, -0.05) is 6.42 Å². The summed E-state index contributed by atoms with van der Waals surface area (Å²) in [4.78, 5) is 34.2. The molecule has 1 fully saturated rings. The average Bonchev–Trinajstić information content (AvgIpc) is 2.25. The van der Waals surface area contributed by atoms with Gasteiger partial charge in [0.1, 0.15) is 11.8 Å². The first-order chi connectivity index (χ1) is 8.74. The molecule has 0 aromatic rings. The summed E-state index contributed by atoms with van der Waals surface area (Å²) in [6.45, 7) is -1.34. The van der Waals surface area contributed by atoms with E-state index >= 15 is 0 Å². The predicted molar refractivity (Wildman–Crippen MR) is 64.8 cm³/mol. The number of carboxylic acid groups (broad SMARTS) is 1. The van der Waals surface area contributed by atoms with Crippen molar-refractivity contribution >= 4 is 27.6 Å². The van der Waals surface area contributed by atoms with Gasteiger partial charge in [-0.15, -0.1) is 0 Å². The third kappa shape index (κ3) is 4.19. The number of nitrogens with zero attached hydrogens (tertiary/aromatic N) is 1. The SMILES string of the molecule is NC(=O)CN(CC(=O)O)C(=O)C1CCCCS1(=O)=O. The minimum absolute atomic E-state index is 0.0963. The monoisotopic (exact) mass is 292 g/mol. The molecule has 0 aromatic carbocycles. The van der Waals surface area contributed by atoms with Crippen LogP contribution < -0.4 is 5.73 Å². The van der Waals surface area contributed by atoms with Crippen LogP contribution in [-0.2, 0) is 24.2 Å². The van der Waals surface area contributed by atoms with Gasteiger partial charge < -0.3 is 15.7 Å². The van der Waals surface area contributed by atoms with E-state index in [4.69, 9.17) is 10.8 Å². The molecule has 0 radical (unpaired) electrons. The van der Waals surface area contributed by atoms with Gasteiger partial charge in [-0.2, -0.15) is 0 Å². The zero-order valence-electron chi connectivity index (χ0n) is 10.2. The Hall–Kier alpha value is -1.64. The van der Waals surface area contributed by atoms with E-state index in [0.29, 0.717) is 17.7 Å². The van der Waals surface area contributed by atoms with E-state index in [9.17, 15) is 22.8 Å². The molecule has 1 unspecified atom stereocenters. The van der Waals surface area contributed by atoms with Crippen LogP contribution in [0, 0.1) is 0 Å². The molecule has 0 spiro atoms. The highest BCUT2D eigenvalue weighted by Gasteiger charge is 2.38. The van der Waals surface area contributed by atoms with Crippen molar-refractivity contribution in [1.29, 1.82) is 0 Å². The van der Waals surface area contributed by atoms with Gasteiger partial charge in [0.15, 0.2) is 9.84 Å². The molecule has 2 amide bonds. The molecule has 19 heavy (non-hydrogen) atoms. The van der Waals surface area contributed by atoms with Gasteiger partial charge in [0.2, 0.25) is 11.8 Å². The fourth-order valence-corrected chi connectivity index (χ4v) is 3.87. The zero-order chi connectivity index (χ0) is 14.6. The molecule has 0 aromatic heterocycles. The fraction of sp³-hybridized carbons (Fsp3) is 0.700. The standard InChI is InChI=1S/C10H16N2O6S/c11-8(13)5-12(6-9(14)15)10(16)7-3-1-2-4-19(7,17)18/h7H,1-6H2,(H2,11,13)(H,14,15). The van der Waals surface area contributed by atoms with E-state index in [-0.39, 0.29) is 12.2 Å². The summed E-state index contributed by atoms with van der Waals surface area (Å²) >= 11 is 0. The Morgan fingerprint density at radius 1 is 1.21 bits per heavy atom. The summed E-state index contributed by atoms with van der Waals surface area (Å²) in [5, 5.41) is 7.41. The van der Waals surface area contributed by atoms with Gasteiger partial charge in [0, 0.05) is 0 Å². The van der Waals surface area contributed by atoms with Crippen molar-refractivity contribution in [1.82, 2.24) is 4.90 Å². The van der Waals surface area contributed by atoms with Gasteiger partial charge >= 0.3 is 5.97 Å². The highest BCUT2D eigenvalue weighted by atomic mass is 32.2. The number of carbonyl (C=O) groups excluding carboxylic acids is 2. The molecular formula is C10H16N2O6S.